The van der Waals surface area contributed by atoms with Crippen LogP contribution in [-0.2, 0) is 9.59 Å². The molecule has 1 atom stereocenters. The number of carbonyl (C=O) groups excluding carboxylic acids is 2. The molecule has 0 spiro atoms. The molecular formula is C22H18N2O3S2. The van der Waals surface area contributed by atoms with Gasteiger partial charge in [-0.25, -0.2) is 0 Å². The Hall–Kier alpha value is -2.90. The van der Waals surface area contributed by atoms with Crippen LogP contribution in [0.2, 0.25) is 0 Å². The number of fused-ring (bicyclic) bond motifs is 1. The van der Waals surface area contributed by atoms with Gasteiger partial charge in [0.05, 0.1) is 10.6 Å². The zero-order chi connectivity index (χ0) is 20.5. The van der Waals surface area contributed by atoms with Gasteiger partial charge in [-0.3, -0.25) is 14.5 Å². The van der Waals surface area contributed by atoms with Crippen LogP contribution in [0.3, 0.4) is 0 Å². The minimum atomic E-state index is -0.167. The molecule has 0 aromatic heterocycles. The summed E-state index contributed by atoms with van der Waals surface area (Å²) in [4.78, 5) is 26.3. The van der Waals surface area contributed by atoms with Gasteiger partial charge in [-0.15, -0.1) is 0 Å². The molecule has 1 unspecified atom stereocenters. The number of thioether (sulfide) groups is 1. The molecule has 2 heterocycles. The summed E-state index contributed by atoms with van der Waals surface area (Å²) >= 11 is 6.72. The van der Waals surface area contributed by atoms with Crippen molar-refractivity contribution >= 4 is 57.6 Å². The van der Waals surface area contributed by atoms with E-state index in [-0.39, 0.29) is 17.9 Å². The molecule has 146 valence electrons. The van der Waals surface area contributed by atoms with Crippen LogP contribution >= 0.6 is 24.0 Å². The van der Waals surface area contributed by atoms with Crippen LogP contribution in [-0.4, -0.2) is 22.2 Å². The predicted molar refractivity (Wildman–Crippen MR) is 121 cm³/mol. The van der Waals surface area contributed by atoms with Crippen LogP contribution in [0, 0.1) is 0 Å². The lowest BCUT2D eigenvalue weighted by Gasteiger charge is -2.23. The molecule has 2 aromatic carbocycles. The Morgan fingerprint density at radius 2 is 1.93 bits per heavy atom. The number of rotatable bonds is 3. The van der Waals surface area contributed by atoms with Crippen molar-refractivity contribution in [2.24, 2.45) is 0 Å². The van der Waals surface area contributed by atoms with Gasteiger partial charge in [0.2, 0.25) is 5.91 Å². The Bertz CT molecular complexity index is 1070. The van der Waals surface area contributed by atoms with E-state index in [0.717, 1.165) is 16.9 Å². The van der Waals surface area contributed by atoms with E-state index in [1.54, 1.807) is 24.3 Å². The number of nitrogens with one attached hydrogen (secondary N) is 1. The Labute approximate surface area is 178 Å². The van der Waals surface area contributed by atoms with Crippen molar-refractivity contribution in [2.45, 2.75) is 20.0 Å². The molecule has 0 bridgehead atoms. The number of para-hydroxylation sites is 1. The molecule has 4 rings (SSSR count). The first-order valence-electron chi connectivity index (χ1n) is 9.05. The van der Waals surface area contributed by atoms with Crippen LogP contribution in [0.15, 0.2) is 65.1 Å². The van der Waals surface area contributed by atoms with Gasteiger partial charge >= 0.3 is 0 Å². The Balaban J connectivity index is 1.60. The van der Waals surface area contributed by atoms with Gasteiger partial charge in [0.25, 0.3) is 5.91 Å². The van der Waals surface area contributed by atoms with Gasteiger partial charge < -0.3 is 10.1 Å². The van der Waals surface area contributed by atoms with Gasteiger partial charge in [0, 0.05) is 18.2 Å². The molecule has 2 amide bonds. The molecule has 1 N–H and O–H groups in total. The number of nitrogens with zero attached hydrogens (tertiary/aromatic N) is 1. The second-order valence-corrected chi connectivity index (χ2v) is 8.36. The predicted octanol–water partition coefficient (Wildman–Crippen LogP) is 4.76. The Kier molecular flexibility index (Phi) is 5.25. The standard InChI is InChI=1S/C22H18N2O3S2/c1-13-16(11-15-5-3-4-6-19(15)27-13)12-20-21(26)24(22(28)29-20)18-9-7-17(8-10-18)23-14(2)25/h3-13H,1-2H3,(H,23,25). The fourth-order valence-corrected chi connectivity index (χ4v) is 4.46. The number of benzene rings is 2. The Morgan fingerprint density at radius 3 is 2.66 bits per heavy atom. The van der Waals surface area contributed by atoms with Crippen molar-refractivity contribution < 1.29 is 14.3 Å². The van der Waals surface area contributed by atoms with Gasteiger partial charge in [-0.1, -0.05) is 42.2 Å². The molecule has 2 aromatic rings. The first-order chi connectivity index (χ1) is 13.9. The number of hydrogen-bond donors (Lipinski definition) is 1. The monoisotopic (exact) mass is 422 g/mol. The average Bonchev–Trinajstić information content (AvgIpc) is 2.96. The molecule has 1 saturated heterocycles. The highest BCUT2D eigenvalue weighted by Crippen LogP contribution is 2.38. The molecular weight excluding hydrogens is 404 g/mol. The van der Waals surface area contributed by atoms with Gasteiger partial charge in [-0.2, -0.15) is 0 Å². The van der Waals surface area contributed by atoms with Crippen LogP contribution in [0.4, 0.5) is 11.4 Å². The van der Waals surface area contributed by atoms with E-state index in [2.05, 4.69) is 5.32 Å². The lowest BCUT2D eigenvalue weighted by atomic mass is 10.0. The van der Waals surface area contributed by atoms with Gasteiger partial charge in [0.15, 0.2) is 4.32 Å². The summed E-state index contributed by atoms with van der Waals surface area (Å²) in [7, 11) is 0. The van der Waals surface area contributed by atoms with Crippen LogP contribution in [0.25, 0.3) is 6.08 Å². The second-order valence-electron chi connectivity index (χ2n) is 6.69. The van der Waals surface area contributed by atoms with E-state index in [1.165, 1.54) is 23.6 Å². The maximum Gasteiger partial charge on any atom is 0.270 e. The number of hydrogen-bond acceptors (Lipinski definition) is 5. The number of thiocarbonyl (C=S) groups is 1. The van der Waals surface area contributed by atoms with Gasteiger partial charge in [0.1, 0.15) is 11.9 Å². The third-order valence-electron chi connectivity index (χ3n) is 4.55. The smallest absolute Gasteiger partial charge is 0.270 e. The van der Waals surface area contributed by atoms with Gasteiger partial charge in [-0.05, 0) is 55.0 Å². The van der Waals surface area contributed by atoms with Crippen molar-refractivity contribution in [2.75, 3.05) is 10.2 Å². The third-order valence-corrected chi connectivity index (χ3v) is 5.85. The second kappa shape index (κ2) is 7.85. The lowest BCUT2D eigenvalue weighted by Crippen LogP contribution is -2.27. The first kappa shape index (κ1) is 19.4. The summed E-state index contributed by atoms with van der Waals surface area (Å²) in [6.07, 6.45) is 3.73. The quantitative estimate of drug-likeness (QED) is 0.571. The van der Waals surface area contributed by atoms with E-state index in [9.17, 15) is 9.59 Å². The molecule has 2 aliphatic heterocycles. The summed E-state index contributed by atoms with van der Waals surface area (Å²) in [6, 6.07) is 14.8. The van der Waals surface area contributed by atoms with Crippen molar-refractivity contribution in [3.8, 4) is 5.75 Å². The summed E-state index contributed by atoms with van der Waals surface area (Å²) in [5.74, 6) is 0.521. The fraction of sp³-hybridized carbons (Fsp3) is 0.136. The highest BCUT2D eigenvalue weighted by atomic mass is 32.2. The van der Waals surface area contributed by atoms with Crippen LogP contribution < -0.4 is 15.0 Å². The number of amides is 2. The fourth-order valence-electron chi connectivity index (χ4n) is 3.16. The minimum absolute atomic E-state index is 0.148. The number of carbonyl (C=O) groups is 2. The number of anilines is 2. The van der Waals surface area contributed by atoms with Crippen molar-refractivity contribution in [3.63, 3.8) is 0 Å². The summed E-state index contributed by atoms with van der Waals surface area (Å²) in [5.41, 5.74) is 3.24. The molecule has 29 heavy (non-hydrogen) atoms. The van der Waals surface area contributed by atoms with E-state index in [4.69, 9.17) is 17.0 Å². The van der Waals surface area contributed by atoms with E-state index in [1.807, 2.05) is 43.3 Å². The molecule has 0 saturated carbocycles. The molecule has 0 radical (unpaired) electrons. The maximum atomic E-state index is 13.0. The van der Waals surface area contributed by atoms with E-state index in [0.29, 0.717) is 20.6 Å². The highest BCUT2D eigenvalue weighted by molar-refractivity contribution is 8.27. The molecule has 7 heteroatoms. The zero-order valence-electron chi connectivity index (χ0n) is 15.8. The first-order valence-corrected chi connectivity index (χ1v) is 10.3. The molecule has 2 aliphatic rings. The molecule has 1 fully saturated rings. The maximum absolute atomic E-state index is 13.0. The SMILES string of the molecule is CC(=O)Nc1ccc(N2C(=O)C(=CC3=Cc4ccccc4OC3C)SC2=S)cc1. The Morgan fingerprint density at radius 1 is 1.21 bits per heavy atom. The number of ether oxygens (including phenoxy) is 1. The van der Waals surface area contributed by atoms with Crippen molar-refractivity contribution in [1.82, 2.24) is 0 Å². The van der Waals surface area contributed by atoms with Crippen LogP contribution in [0.5, 0.6) is 5.75 Å². The summed E-state index contributed by atoms with van der Waals surface area (Å²) in [5, 5.41) is 2.71. The minimum Gasteiger partial charge on any atom is -0.485 e. The lowest BCUT2D eigenvalue weighted by molar-refractivity contribution is -0.114. The van der Waals surface area contributed by atoms with E-state index >= 15 is 0 Å². The largest absolute Gasteiger partial charge is 0.485 e. The van der Waals surface area contributed by atoms with Crippen LogP contribution in [0.1, 0.15) is 19.4 Å². The molecule has 5 nitrogen and oxygen atoms in total. The van der Waals surface area contributed by atoms with Crippen molar-refractivity contribution in [1.29, 1.82) is 0 Å². The topological polar surface area (TPSA) is 58.6 Å². The summed E-state index contributed by atoms with van der Waals surface area (Å²) in [6.45, 7) is 3.41. The van der Waals surface area contributed by atoms with E-state index < -0.39 is 0 Å². The highest BCUT2D eigenvalue weighted by Gasteiger charge is 2.34. The summed E-state index contributed by atoms with van der Waals surface area (Å²) < 4.78 is 6.43. The van der Waals surface area contributed by atoms with Crippen molar-refractivity contribution in [3.05, 3.63) is 70.6 Å². The zero-order valence-corrected chi connectivity index (χ0v) is 17.5. The normalized spacial score (nSPS) is 19.7. The average molecular weight is 423 g/mol. The third kappa shape index (κ3) is 3.97. The molecule has 0 aliphatic carbocycles.